The van der Waals surface area contributed by atoms with Crippen molar-refractivity contribution >= 4 is 33.0 Å². The number of thiophene rings is 1. The van der Waals surface area contributed by atoms with Crippen LogP contribution >= 0.6 is 11.3 Å². The molecule has 32 heavy (non-hydrogen) atoms. The monoisotopic (exact) mass is 450 g/mol. The standard InChI is InChI=1S/C28H34O3S/c1-8-30-26(29)13-19(7)25-16-20-11-10-12-22(28(20)32-25)24-15-21(17(3)4)14-23(18(5)6)27(24)31-9-2/h10-18H,8-9H2,1-7H3/b19-13-. The maximum atomic E-state index is 11.9. The molecule has 0 saturated heterocycles. The van der Waals surface area contributed by atoms with Gasteiger partial charge in [-0.15, -0.1) is 11.3 Å². The fourth-order valence-corrected chi connectivity index (χ4v) is 5.00. The van der Waals surface area contributed by atoms with Crippen molar-refractivity contribution in [3.63, 3.8) is 0 Å². The molecule has 0 unspecified atom stereocenters. The Balaban J connectivity index is 2.23. The third-order valence-electron chi connectivity index (χ3n) is 5.56. The molecule has 0 aliphatic rings. The summed E-state index contributed by atoms with van der Waals surface area (Å²) < 4.78 is 12.5. The summed E-state index contributed by atoms with van der Waals surface area (Å²) in [6.45, 7) is 15.7. The van der Waals surface area contributed by atoms with Crippen LogP contribution in [0.15, 0.2) is 42.5 Å². The Morgan fingerprint density at radius 3 is 2.38 bits per heavy atom. The number of benzene rings is 2. The second-order valence-electron chi connectivity index (χ2n) is 8.64. The van der Waals surface area contributed by atoms with Gasteiger partial charge in [0.2, 0.25) is 0 Å². The minimum atomic E-state index is -0.299. The van der Waals surface area contributed by atoms with E-state index in [0.717, 1.165) is 21.8 Å². The van der Waals surface area contributed by atoms with Gasteiger partial charge in [-0.1, -0.05) is 52.0 Å². The molecule has 0 spiro atoms. The molecule has 3 aromatic rings. The van der Waals surface area contributed by atoms with Crippen molar-refractivity contribution in [3.05, 3.63) is 58.5 Å². The molecule has 0 atom stereocenters. The zero-order valence-electron chi connectivity index (χ0n) is 20.2. The number of carbonyl (C=O) groups is 1. The van der Waals surface area contributed by atoms with Gasteiger partial charge in [-0.2, -0.15) is 0 Å². The Labute approximate surface area is 196 Å². The first-order chi connectivity index (χ1) is 15.3. The SMILES string of the molecule is CCOC(=O)/C=C(/C)c1cc2cccc(-c3cc(C(C)C)cc(C(C)C)c3OCC)c2s1. The zero-order valence-corrected chi connectivity index (χ0v) is 21.1. The van der Waals surface area contributed by atoms with Crippen molar-refractivity contribution in [1.82, 2.24) is 0 Å². The lowest BCUT2D eigenvalue weighted by molar-refractivity contribution is -0.137. The molecule has 1 aromatic heterocycles. The molecular weight excluding hydrogens is 416 g/mol. The van der Waals surface area contributed by atoms with E-state index in [1.807, 2.05) is 20.8 Å². The molecule has 0 bridgehead atoms. The molecule has 4 heteroatoms. The molecule has 0 N–H and O–H groups in total. The Kier molecular flexibility index (Phi) is 7.78. The van der Waals surface area contributed by atoms with Crippen molar-refractivity contribution in [3.8, 4) is 16.9 Å². The van der Waals surface area contributed by atoms with Crippen molar-refractivity contribution in [2.45, 2.75) is 60.3 Å². The predicted molar refractivity (Wildman–Crippen MR) is 137 cm³/mol. The van der Waals surface area contributed by atoms with Gasteiger partial charge in [-0.05, 0) is 66.8 Å². The van der Waals surface area contributed by atoms with Crippen molar-refractivity contribution in [1.29, 1.82) is 0 Å². The molecule has 0 radical (unpaired) electrons. The number of hydrogen-bond acceptors (Lipinski definition) is 4. The summed E-state index contributed by atoms with van der Waals surface area (Å²) in [5.41, 5.74) is 5.81. The number of ether oxygens (including phenoxy) is 2. The van der Waals surface area contributed by atoms with Crippen LogP contribution in [-0.4, -0.2) is 19.2 Å². The first-order valence-electron chi connectivity index (χ1n) is 11.5. The average Bonchev–Trinajstić information content (AvgIpc) is 3.18. The molecule has 0 saturated carbocycles. The number of hydrogen-bond donors (Lipinski definition) is 0. The van der Waals surface area contributed by atoms with E-state index >= 15 is 0 Å². The van der Waals surface area contributed by atoms with E-state index in [-0.39, 0.29) is 5.97 Å². The number of carbonyl (C=O) groups excluding carboxylic acids is 1. The molecule has 3 rings (SSSR count). The van der Waals surface area contributed by atoms with Gasteiger partial charge >= 0.3 is 5.97 Å². The smallest absolute Gasteiger partial charge is 0.331 e. The molecule has 3 nitrogen and oxygen atoms in total. The fraction of sp³-hybridized carbons (Fsp3) is 0.393. The van der Waals surface area contributed by atoms with Gasteiger partial charge in [0.15, 0.2) is 0 Å². The highest BCUT2D eigenvalue weighted by molar-refractivity contribution is 7.20. The molecule has 0 amide bonds. The third-order valence-corrected chi connectivity index (χ3v) is 6.88. The van der Waals surface area contributed by atoms with Gasteiger partial charge in [0.1, 0.15) is 5.75 Å². The van der Waals surface area contributed by atoms with E-state index in [0.29, 0.717) is 25.0 Å². The summed E-state index contributed by atoms with van der Waals surface area (Å²) >= 11 is 1.71. The van der Waals surface area contributed by atoms with E-state index in [9.17, 15) is 4.79 Å². The Morgan fingerprint density at radius 2 is 1.75 bits per heavy atom. The lowest BCUT2D eigenvalue weighted by atomic mass is 9.89. The highest BCUT2D eigenvalue weighted by Crippen LogP contribution is 2.44. The van der Waals surface area contributed by atoms with E-state index in [2.05, 4.69) is 64.1 Å². The fourth-order valence-electron chi connectivity index (χ4n) is 3.84. The zero-order chi connectivity index (χ0) is 23.4. The average molecular weight is 451 g/mol. The molecule has 170 valence electrons. The van der Waals surface area contributed by atoms with Crippen LogP contribution in [-0.2, 0) is 9.53 Å². The van der Waals surface area contributed by atoms with Gasteiger partial charge in [-0.25, -0.2) is 4.79 Å². The van der Waals surface area contributed by atoms with Crippen LogP contribution in [0.1, 0.15) is 76.3 Å². The van der Waals surface area contributed by atoms with E-state index in [1.54, 1.807) is 17.4 Å². The normalized spacial score (nSPS) is 12.1. The largest absolute Gasteiger partial charge is 0.493 e. The topological polar surface area (TPSA) is 35.5 Å². The summed E-state index contributed by atoms with van der Waals surface area (Å²) in [5.74, 6) is 1.47. The summed E-state index contributed by atoms with van der Waals surface area (Å²) in [4.78, 5) is 13.0. The predicted octanol–water partition coefficient (Wildman–Crippen LogP) is 8.18. The summed E-state index contributed by atoms with van der Waals surface area (Å²) in [5, 5.41) is 1.17. The Morgan fingerprint density at radius 1 is 1.00 bits per heavy atom. The number of esters is 1. The van der Waals surface area contributed by atoms with E-state index < -0.39 is 0 Å². The third kappa shape index (κ3) is 5.07. The van der Waals surface area contributed by atoms with Gasteiger partial charge in [0, 0.05) is 26.8 Å². The van der Waals surface area contributed by atoms with E-state index in [1.165, 1.54) is 26.8 Å². The van der Waals surface area contributed by atoms with Gasteiger partial charge in [0.05, 0.1) is 13.2 Å². The van der Waals surface area contributed by atoms with Crippen LogP contribution in [0.3, 0.4) is 0 Å². The Hall–Kier alpha value is -2.59. The number of fused-ring (bicyclic) bond motifs is 1. The minimum Gasteiger partial charge on any atom is -0.493 e. The molecule has 0 aliphatic carbocycles. The molecule has 1 heterocycles. The van der Waals surface area contributed by atoms with Gasteiger partial charge in [0.25, 0.3) is 0 Å². The highest BCUT2D eigenvalue weighted by Gasteiger charge is 2.20. The van der Waals surface area contributed by atoms with Crippen molar-refractivity contribution in [2.75, 3.05) is 13.2 Å². The molecule has 0 fully saturated rings. The molecule has 0 aliphatic heterocycles. The molecule has 2 aromatic carbocycles. The van der Waals surface area contributed by atoms with Gasteiger partial charge in [-0.3, -0.25) is 0 Å². The second kappa shape index (κ2) is 10.4. The van der Waals surface area contributed by atoms with Crippen molar-refractivity contribution < 1.29 is 14.3 Å². The minimum absolute atomic E-state index is 0.299. The summed E-state index contributed by atoms with van der Waals surface area (Å²) in [6.07, 6.45) is 1.58. The summed E-state index contributed by atoms with van der Waals surface area (Å²) in [7, 11) is 0. The van der Waals surface area contributed by atoms with Crippen LogP contribution in [0.2, 0.25) is 0 Å². The van der Waals surface area contributed by atoms with Crippen LogP contribution < -0.4 is 4.74 Å². The summed E-state index contributed by atoms with van der Waals surface area (Å²) in [6, 6.07) is 13.2. The van der Waals surface area contributed by atoms with Crippen LogP contribution in [0.4, 0.5) is 0 Å². The first-order valence-corrected chi connectivity index (χ1v) is 12.3. The quantitative estimate of drug-likeness (QED) is 0.256. The van der Waals surface area contributed by atoms with Crippen LogP contribution in [0.5, 0.6) is 5.75 Å². The highest BCUT2D eigenvalue weighted by atomic mass is 32.1. The van der Waals surface area contributed by atoms with Crippen LogP contribution in [0.25, 0.3) is 26.8 Å². The lowest BCUT2D eigenvalue weighted by Crippen LogP contribution is -2.03. The van der Waals surface area contributed by atoms with Crippen molar-refractivity contribution in [2.24, 2.45) is 0 Å². The van der Waals surface area contributed by atoms with Gasteiger partial charge < -0.3 is 9.47 Å². The van der Waals surface area contributed by atoms with E-state index in [4.69, 9.17) is 9.47 Å². The maximum Gasteiger partial charge on any atom is 0.331 e. The lowest BCUT2D eigenvalue weighted by Gasteiger charge is -2.21. The number of allylic oxidation sites excluding steroid dienone is 1. The van der Waals surface area contributed by atoms with Crippen LogP contribution in [0, 0.1) is 0 Å². The second-order valence-corrected chi connectivity index (χ2v) is 9.70. The number of rotatable bonds is 8. The Bertz CT molecular complexity index is 1140. The maximum absolute atomic E-state index is 11.9. The first kappa shape index (κ1) is 24.1. The molecular formula is C28H34O3S.